The first-order valence-corrected chi connectivity index (χ1v) is 11.7. The van der Waals surface area contributed by atoms with Crippen molar-refractivity contribution in [3.05, 3.63) is 106 Å². The lowest BCUT2D eigenvalue weighted by atomic mass is 9.83. The predicted molar refractivity (Wildman–Crippen MR) is 127 cm³/mol. The average Bonchev–Trinajstić information content (AvgIpc) is 2.84. The van der Waals surface area contributed by atoms with Gasteiger partial charge >= 0.3 is 6.18 Å². The number of nitrogens with one attached hydrogen (secondary N) is 1. The Balaban J connectivity index is 1.49. The van der Waals surface area contributed by atoms with E-state index >= 15 is 0 Å². The van der Waals surface area contributed by atoms with E-state index in [0.717, 1.165) is 23.3 Å². The van der Waals surface area contributed by atoms with Crippen molar-refractivity contribution < 1.29 is 22.4 Å². The standard InChI is InChI=1S/C27H25ClF4N2O/c28-25-7-2-1-5-20(25)15-34-16-21(19-8-10-24(29)11-9-19)13-22(17-34)26(35)33-14-18-4-3-6-23(12-18)27(30,31)32/h1-12,21-22H,13-17H2,(H,33,35)/t21-,22-/m1/s1. The van der Waals surface area contributed by atoms with E-state index in [4.69, 9.17) is 11.6 Å². The second-order valence-corrected chi connectivity index (χ2v) is 9.29. The molecule has 0 aliphatic carbocycles. The molecule has 184 valence electrons. The average molecular weight is 505 g/mol. The number of carbonyl (C=O) groups excluding carboxylic acids is 1. The SMILES string of the molecule is O=C(NCc1cccc(C(F)(F)F)c1)[C@@H]1C[C@@H](c2ccc(F)cc2)CN(Cc2ccccc2Cl)C1. The molecular formula is C27H25ClF4N2O. The lowest BCUT2D eigenvalue weighted by molar-refractivity contribution is -0.137. The third-order valence-electron chi connectivity index (χ3n) is 6.31. The number of likely N-dealkylation sites (tertiary alicyclic amines) is 1. The van der Waals surface area contributed by atoms with E-state index in [1.54, 1.807) is 18.2 Å². The van der Waals surface area contributed by atoms with Crippen molar-refractivity contribution in [1.82, 2.24) is 10.2 Å². The lowest BCUT2D eigenvalue weighted by Gasteiger charge is -2.37. The molecule has 3 nitrogen and oxygen atoms in total. The molecule has 2 atom stereocenters. The molecule has 3 aromatic rings. The fourth-order valence-corrected chi connectivity index (χ4v) is 4.74. The summed E-state index contributed by atoms with van der Waals surface area (Å²) in [6, 6.07) is 18.7. The van der Waals surface area contributed by atoms with Crippen LogP contribution in [0.1, 0.15) is 34.6 Å². The minimum atomic E-state index is -4.44. The van der Waals surface area contributed by atoms with E-state index in [-0.39, 0.29) is 30.1 Å². The van der Waals surface area contributed by atoms with E-state index < -0.39 is 11.7 Å². The Kier molecular flexibility index (Phi) is 7.77. The Labute approximate surface area is 206 Å². The molecule has 8 heteroatoms. The highest BCUT2D eigenvalue weighted by Crippen LogP contribution is 2.33. The Morgan fingerprint density at radius 2 is 1.74 bits per heavy atom. The molecule has 0 bridgehead atoms. The predicted octanol–water partition coefficient (Wildman–Crippen LogP) is 6.42. The molecule has 4 rings (SSSR count). The molecule has 1 aliphatic heterocycles. The summed E-state index contributed by atoms with van der Waals surface area (Å²) in [7, 11) is 0. The first-order chi connectivity index (χ1) is 16.7. The van der Waals surface area contributed by atoms with Crippen LogP contribution in [0, 0.1) is 11.7 Å². The molecular weight excluding hydrogens is 480 g/mol. The highest BCUT2D eigenvalue weighted by Gasteiger charge is 2.33. The van der Waals surface area contributed by atoms with Gasteiger partial charge < -0.3 is 5.32 Å². The first kappa shape index (κ1) is 25.2. The zero-order valence-corrected chi connectivity index (χ0v) is 19.6. The number of hydrogen-bond donors (Lipinski definition) is 1. The largest absolute Gasteiger partial charge is 0.416 e. The Bertz CT molecular complexity index is 1170. The molecule has 35 heavy (non-hydrogen) atoms. The van der Waals surface area contributed by atoms with Crippen LogP contribution in [0.2, 0.25) is 5.02 Å². The summed E-state index contributed by atoms with van der Waals surface area (Å²) >= 11 is 6.35. The maximum atomic E-state index is 13.5. The third-order valence-corrected chi connectivity index (χ3v) is 6.68. The van der Waals surface area contributed by atoms with Gasteiger partial charge in [0.15, 0.2) is 0 Å². The molecule has 1 aliphatic rings. The van der Waals surface area contributed by atoms with E-state index in [0.29, 0.717) is 36.6 Å². The maximum Gasteiger partial charge on any atom is 0.416 e. The number of hydrogen-bond acceptors (Lipinski definition) is 2. The summed E-state index contributed by atoms with van der Waals surface area (Å²) in [4.78, 5) is 15.2. The third kappa shape index (κ3) is 6.61. The van der Waals surface area contributed by atoms with E-state index in [1.807, 2.05) is 24.3 Å². The summed E-state index contributed by atoms with van der Waals surface area (Å²) in [5, 5.41) is 3.45. The number of halogens is 5. The molecule has 1 fully saturated rings. The summed E-state index contributed by atoms with van der Waals surface area (Å²) in [5.41, 5.74) is 1.51. The molecule has 0 unspecified atom stereocenters. The summed E-state index contributed by atoms with van der Waals surface area (Å²) < 4.78 is 52.5. The van der Waals surface area contributed by atoms with Crippen LogP contribution < -0.4 is 5.32 Å². The van der Waals surface area contributed by atoms with Crippen LogP contribution in [0.15, 0.2) is 72.8 Å². The maximum absolute atomic E-state index is 13.5. The highest BCUT2D eigenvalue weighted by atomic mass is 35.5. The highest BCUT2D eigenvalue weighted by molar-refractivity contribution is 6.31. The normalized spacial score (nSPS) is 18.9. The zero-order chi connectivity index (χ0) is 25.0. The summed E-state index contributed by atoms with van der Waals surface area (Å²) in [5.74, 6) is -0.936. The second kappa shape index (κ2) is 10.8. The number of nitrogens with zero attached hydrogens (tertiary/aromatic N) is 1. The molecule has 0 aromatic heterocycles. The van der Waals surface area contributed by atoms with Crippen molar-refractivity contribution in [2.45, 2.75) is 31.6 Å². The molecule has 0 saturated carbocycles. The molecule has 1 amide bonds. The Morgan fingerprint density at radius 1 is 1.00 bits per heavy atom. The van der Waals surface area contributed by atoms with Gasteiger partial charge in [0.05, 0.1) is 11.5 Å². The van der Waals surface area contributed by atoms with Gasteiger partial charge in [-0.3, -0.25) is 9.69 Å². The molecule has 0 spiro atoms. The molecule has 3 aromatic carbocycles. The number of carbonyl (C=O) groups is 1. The summed E-state index contributed by atoms with van der Waals surface area (Å²) in [6.07, 6.45) is -3.88. The van der Waals surface area contributed by atoms with Crippen LogP contribution in [0.4, 0.5) is 17.6 Å². The number of piperidine rings is 1. The van der Waals surface area contributed by atoms with Gasteiger partial charge in [-0.1, -0.05) is 54.1 Å². The number of amides is 1. The quantitative estimate of drug-likeness (QED) is 0.393. The fourth-order valence-electron chi connectivity index (χ4n) is 4.54. The van der Waals surface area contributed by atoms with Crippen LogP contribution in [0.3, 0.4) is 0 Å². The van der Waals surface area contributed by atoms with E-state index in [1.165, 1.54) is 18.2 Å². The Morgan fingerprint density at radius 3 is 2.46 bits per heavy atom. The number of benzene rings is 3. The first-order valence-electron chi connectivity index (χ1n) is 11.3. The van der Waals surface area contributed by atoms with E-state index in [2.05, 4.69) is 10.2 Å². The van der Waals surface area contributed by atoms with Gasteiger partial charge in [-0.2, -0.15) is 13.2 Å². The van der Waals surface area contributed by atoms with Crippen LogP contribution in [0.5, 0.6) is 0 Å². The van der Waals surface area contributed by atoms with Gasteiger partial charge in [-0.05, 0) is 59.4 Å². The molecule has 1 heterocycles. The van der Waals surface area contributed by atoms with Gasteiger partial charge in [0.2, 0.25) is 5.91 Å². The van der Waals surface area contributed by atoms with Gasteiger partial charge in [0.25, 0.3) is 0 Å². The number of alkyl halides is 3. The van der Waals surface area contributed by atoms with E-state index in [9.17, 15) is 22.4 Å². The Hall–Kier alpha value is -2.90. The van der Waals surface area contributed by atoms with Crippen molar-refractivity contribution in [2.24, 2.45) is 5.92 Å². The van der Waals surface area contributed by atoms with Crippen LogP contribution in [-0.4, -0.2) is 23.9 Å². The zero-order valence-electron chi connectivity index (χ0n) is 18.9. The molecule has 1 N–H and O–H groups in total. The lowest BCUT2D eigenvalue weighted by Crippen LogP contribution is -2.45. The van der Waals surface area contributed by atoms with Crippen molar-refractivity contribution >= 4 is 17.5 Å². The van der Waals surface area contributed by atoms with Crippen LogP contribution >= 0.6 is 11.6 Å². The van der Waals surface area contributed by atoms with Crippen molar-refractivity contribution in [3.8, 4) is 0 Å². The fraction of sp³-hybridized carbons (Fsp3) is 0.296. The van der Waals surface area contributed by atoms with Crippen LogP contribution in [-0.2, 0) is 24.1 Å². The van der Waals surface area contributed by atoms with Crippen molar-refractivity contribution in [3.63, 3.8) is 0 Å². The molecule has 0 radical (unpaired) electrons. The number of rotatable bonds is 6. The minimum Gasteiger partial charge on any atom is -0.352 e. The minimum absolute atomic E-state index is 0.00357. The van der Waals surface area contributed by atoms with Gasteiger partial charge in [0, 0.05) is 31.2 Å². The van der Waals surface area contributed by atoms with Gasteiger partial charge in [-0.25, -0.2) is 4.39 Å². The smallest absolute Gasteiger partial charge is 0.352 e. The van der Waals surface area contributed by atoms with Crippen LogP contribution in [0.25, 0.3) is 0 Å². The van der Waals surface area contributed by atoms with Gasteiger partial charge in [-0.15, -0.1) is 0 Å². The van der Waals surface area contributed by atoms with Gasteiger partial charge in [0.1, 0.15) is 5.82 Å². The topological polar surface area (TPSA) is 32.3 Å². The molecule has 1 saturated heterocycles. The summed E-state index contributed by atoms with van der Waals surface area (Å²) in [6.45, 7) is 1.71. The van der Waals surface area contributed by atoms with Crippen molar-refractivity contribution in [2.75, 3.05) is 13.1 Å². The second-order valence-electron chi connectivity index (χ2n) is 8.88. The van der Waals surface area contributed by atoms with Crippen molar-refractivity contribution in [1.29, 1.82) is 0 Å². The monoisotopic (exact) mass is 504 g/mol.